The fourth-order valence-corrected chi connectivity index (χ4v) is 2.89. The van der Waals surface area contributed by atoms with Gasteiger partial charge in [0.25, 0.3) is 0 Å². The molecule has 1 N–H and O–H groups in total. The minimum Gasteiger partial charge on any atom is -0.314 e. The smallest absolute Gasteiger partial charge is 0.314 e. The van der Waals surface area contributed by atoms with Gasteiger partial charge in [-0.15, -0.1) is 12.4 Å². The lowest BCUT2D eigenvalue weighted by Gasteiger charge is -2.36. The van der Waals surface area contributed by atoms with Gasteiger partial charge in [-0.1, -0.05) is 19.9 Å². The van der Waals surface area contributed by atoms with E-state index in [9.17, 15) is 17.6 Å². The van der Waals surface area contributed by atoms with Gasteiger partial charge in [-0.05, 0) is 24.5 Å². The van der Waals surface area contributed by atoms with Gasteiger partial charge in [-0.3, -0.25) is 4.90 Å². The second-order valence-electron chi connectivity index (χ2n) is 6.17. The van der Waals surface area contributed by atoms with Crippen molar-refractivity contribution in [3.05, 3.63) is 35.1 Å². The summed E-state index contributed by atoms with van der Waals surface area (Å²) in [6.45, 7) is 7.26. The molecule has 2 nitrogen and oxygen atoms in total. The van der Waals surface area contributed by atoms with Crippen LogP contribution in [0.2, 0.25) is 0 Å². The van der Waals surface area contributed by atoms with E-state index in [1.165, 1.54) is 6.07 Å². The molecule has 1 atom stereocenters. The minimum atomic E-state index is -4.51. The van der Waals surface area contributed by atoms with E-state index in [0.29, 0.717) is 17.5 Å². The molecule has 1 aromatic rings. The molecule has 1 aromatic carbocycles. The average molecular weight is 355 g/mol. The highest BCUT2D eigenvalue weighted by molar-refractivity contribution is 5.85. The number of nitrogens with one attached hydrogen (secondary N) is 1. The first-order chi connectivity index (χ1) is 10.3. The molecule has 1 fully saturated rings. The molecule has 0 aromatic heterocycles. The molecule has 23 heavy (non-hydrogen) atoms. The Morgan fingerprint density at radius 3 is 2.26 bits per heavy atom. The normalized spacial score (nSPS) is 17.9. The van der Waals surface area contributed by atoms with Crippen LogP contribution in [-0.4, -0.2) is 31.1 Å². The molecule has 1 aliphatic rings. The summed E-state index contributed by atoms with van der Waals surface area (Å²) in [5, 5.41) is 3.23. The van der Waals surface area contributed by atoms with Gasteiger partial charge in [0.05, 0.1) is 5.56 Å². The highest BCUT2D eigenvalue weighted by atomic mass is 35.5. The lowest BCUT2D eigenvalue weighted by molar-refractivity contribution is -0.137. The largest absolute Gasteiger partial charge is 0.416 e. The third-order valence-electron chi connectivity index (χ3n) is 3.97. The predicted octanol–water partition coefficient (Wildman–Crippen LogP) is 4.26. The lowest BCUT2D eigenvalue weighted by atomic mass is 9.93. The van der Waals surface area contributed by atoms with Crippen LogP contribution in [0.4, 0.5) is 17.6 Å². The number of rotatable bonds is 4. The van der Waals surface area contributed by atoms with Crippen LogP contribution in [-0.2, 0) is 6.18 Å². The topological polar surface area (TPSA) is 15.3 Å². The summed E-state index contributed by atoms with van der Waals surface area (Å²) in [7, 11) is 0. The van der Waals surface area contributed by atoms with Crippen molar-refractivity contribution in [2.75, 3.05) is 26.2 Å². The zero-order valence-corrected chi connectivity index (χ0v) is 14.1. The van der Waals surface area contributed by atoms with Crippen molar-refractivity contribution < 1.29 is 17.6 Å². The third-order valence-corrected chi connectivity index (χ3v) is 3.97. The van der Waals surface area contributed by atoms with Crippen molar-refractivity contribution in [3.8, 4) is 0 Å². The summed E-state index contributed by atoms with van der Waals surface area (Å²) < 4.78 is 52.3. The maximum Gasteiger partial charge on any atom is 0.416 e. The van der Waals surface area contributed by atoms with Crippen LogP contribution in [0.1, 0.15) is 37.4 Å². The van der Waals surface area contributed by atoms with Crippen molar-refractivity contribution in [3.63, 3.8) is 0 Å². The van der Waals surface area contributed by atoms with Gasteiger partial charge in [0.1, 0.15) is 5.82 Å². The molecular formula is C16H23ClF4N2. The van der Waals surface area contributed by atoms with Gasteiger partial charge >= 0.3 is 6.18 Å². The number of benzene rings is 1. The SMILES string of the molecule is CC(C)C[C@H](c1ccc(C(F)(F)F)cc1F)N1CCNCC1.Cl. The predicted molar refractivity (Wildman–Crippen MR) is 85.3 cm³/mol. The first kappa shape index (κ1) is 20.2. The lowest BCUT2D eigenvalue weighted by Crippen LogP contribution is -2.45. The molecule has 132 valence electrons. The summed E-state index contributed by atoms with van der Waals surface area (Å²) in [5.41, 5.74) is -0.569. The van der Waals surface area contributed by atoms with Crippen LogP contribution in [0.3, 0.4) is 0 Å². The molecule has 0 unspecified atom stereocenters. The molecule has 1 saturated heterocycles. The Labute approximate surface area is 140 Å². The van der Waals surface area contributed by atoms with Gasteiger partial charge in [0.15, 0.2) is 0 Å². The molecule has 0 spiro atoms. The van der Waals surface area contributed by atoms with Crippen molar-refractivity contribution in [1.29, 1.82) is 0 Å². The quantitative estimate of drug-likeness (QED) is 0.813. The maximum atomic E-state index is 14.3. The molecule has 0 saturated carbocycles. The van der Waals surface area contributed by atoms with Crippen molar-refractivity contribution in [1.82, 2.24) is 10.2 Å². The molecule has 0 bridgehead atoms. The van der Waals surface area contributed by atoms with E-state index in [1.807, 2.05) is 13.8 Å². The standard InChI is InChI=1S/C16H22F4N2.ClH/c1-11(2)9-15(22-7-5-21-6-8-22)13-4-3-12(10-14(13)17)16(18,19)20;/h3-4,10-11,15,21H,5-9H2,1-2H3;1H/t15-;/m1./s1. The van der Waals surface area contributed by atoms with Crippen LogP contribution in [0.25, 0.3) is 0 Å². The highest BCUT2D eigenvalue weighted by Crippen LogP contribution is 2.34. The Balaban J connectivity index is 0.00000264. The summed E-state index contributed by atoms with van der Waals surface area (Å²) in [4.78, 5) is 2.15. The zero-order chi connectivity index (χ0) is 16.3. The maximum absolute atomic E-state index is 14.3. The van der Waals surface area contributed by atoms with Crippen molar-refractivity contribution >= 4 is 12.4 Å². The Morgan fingerprint density at radius 1 is 1.17 bits per heavy atom. The van der Waals surface area contributed by atoms with E-state index in [0.717, 1.165) is 38.7 Å². The molecule has 2 rings (SSSR count). The van der Waals surface area contributed by atoms with Gasteiger partial charge in [0.2, 0.25) is 0 Å². The summed E-state index contributed by atoms with van der Waals surface area (Å²) in [6.07, 6.45) is -3.79. The molecular weight excluding hydrogens is 332 g/mol. The van der Waals surface area contributed by atoms with Gasteiger partial charge < -0.3 is 5.32 Å². The number of halogens is 5. The Kier molecular flexibility index (Phi) is 7.29. The Hall–Kier alpha value is -0.850. The molecule has 7 heteroatoms. The molecule has 0 aliphatic carbocycles. The molecule has 0 amide bonds. The fourth-order valence-electron chi connectivity index (χ4n) is 2.89. The Morgan fingerprint density at radius 2 is 1.78 bits per heavy atom. The van der Waals surface area contributed by atoms with E-state index in [1.54, 1.807) is 0 Å². The summed E-state index contributed by atoms with van der Waals surface area (Å²) in [5.74, 6) is -0.430. The number of hydrogen-bond acceptors (Lipinski definition) is 2. The van der Waals surface area contributed by atoms with E-state index < -0.39 is 17.6 Å². The van der Waals surface area contributed by atoms with E-state index in [2.05, 4.69) is 10.2 Å². The highest BCUT2D eigenvalue weighted by Gasteiger charge is 2.32. The van der Waals surface area contributed by atoms with Crippen LogP contribution in [0.5, 0.6) is 0 Å². The van der Waals surface area contributed by atoms with Crippen LogP contribution in [0, 0.1) is 11.7 Å². The fraction of sp³-hybridized carbons (Fsp3) is 0.625. The van der Waals surface area contributed by atoms with Gasteiger partial charge in [0, 0.05) is 37.8 Å². The monoisotopic (exact) mass is 354 g/mol. The summed E-state index contributed by atoms with van der Waals surface area (Å²) >= 11 is 0. The zero-order valence-electron chi connectivity index (χ0n) is 13.3. The number of nitrogens with zero attached hydrogens (tertiary/aromatic N) is 1. The molecule has 0 radical (unpaired) electrons. The minimum absolute atomic E-state index is 0. The van der Waals surface area contributed by atoms with E-state index in [4.69, 9.17) is 0 Å². The second-order valence-corrected chi connectivity index (χ2v) is 6.17. The van der Waals surface area contributed by atoms with Crippen LogP contribution >= 0.6 is 12.4 Å². The van der Waals surface area contributed by atoms with Crippen molar-refractivity contribution in [2.24, 2.45) is 5.92 Å². The van der Waals surface area contributed by atoms with Crippen LogP contribution < -0.4 is 5.32 Å². The first-order valence-electron chi connectivity index (χ1n) is 7.60. The van der Waals surface area contributed by atoms with Gasteiger partial charge in [-0.25, -0.2) is 4.39 Å². The first-order valence-corrected chi connectivity index (χ1v) is 7.60. The van der Waals surface area contributed by atoms with Crippen molar-refractivity contribution in [2.45, 2.75) is 32.5 Å². The second kappa shape index (κ2) is 8.31. The van der Waals surface area contributed by atoms with E-state index in [-0.39, 0.29) is 18.4 Å². The number of hydrogen-bond donors (Lipinski definition) is 1. The van der Waals surface area contributed by atoms with E-state index >= 15 is 0 Å². The number of piperazine rings is 1. The third kappa shape index (κ3) is 5.33. The summed E-state index contributed by atoms with van der Waals surface area (Å²) in [6, 6.07) is 2.72. The van der Waals surface area contributed by atoms with Gasteiger partial charge in [-0.2, -0.15) is 13.2 Å². The Bertz CT molecular complexity index is 499. The number of alkyl halides is 3. The molecule has 1 heterocycles. The average Bonchev–Trinajstić information content (AvgIpc) is 2.45. The molecule has 1 aliphatic heterocycles. The van der Waals surface area contributed by atoms with Crippen LogP contribution in [0.15, 0.2) is 18.2 Å².